The van der Waals surface area contributed by atoms with Crippen molar-refractivity contribution >= 4 is 17.4 Å². The third-order valence-corrected chi connectivity index (χ3v) is 3.82. The lowest BCUT2D eigenvalue weighted by Crippen LogP contribution is -2.06. The molecule has 3 nitrogen and oxygen atoms in total. The SMILES string of the molecule is Cc1ccccc1CNc1cc(Cl)nc(CC2CC2)n1. The molecule has 20 heavy (non-hydrogen) atoms. The first-order valence-electron chi connectivity index (χ1n) is 7.02. The smallest absolute Gasteiger partial charge is 0.134 e. The van der Waals surface area contributed by atoms with Crippen molar-refractivity contribution in [1.82, 2.24) is 9.97 Å². The topological polar surface area (TPSA) is 37.8 Å². The normalized spacial score (nSPS) is 14.3. The molecule has 0 amide bonds. The van der Waals surface area contributed by atoms with Crippen LogP contribution in [0, 0.1) is 12.8 Å². The Bertz CT molecular complexity index is 608. The Balaban J connectivity index is 1.70. The van der Waals surface area contributed by atoms with Gasteiger partial charge in [-0.3, -0.25) is 0 Å². The lowest BCUT2D eigenvalue weighted by molar-refractivity contribution is 0.770. The highest BCUT2D eigenvalue weighted by molar-refractivity contribution is 6.29. The van der Waals surface area contributed by atoms with E-state index in [1.165, 1.54) is 24.0 Å². The summed E-state index contributed by atoms with van der Waals surface area (Å²) < 4.78 is 0. The molecule has 1 aliphatic rings. The van der Waals surface area contributed by atoms with E-state index < -0.39 is 0 Å². The van der Waals surface area contributed by atoms with Gasteiger partial charge in [0.15, 0.2) is 0 Å². The summed E-state index contributed by atoms with van der Waals surface area (Å²) in [6.45, 7) is 2.87. The van der Waals surface area contributed by atoms with Crippen LogP contribution >= 0.6 is 11.6 Å². The molecule has 4 heteroatoms. The van der Waals surface area contributed by atoms with Gasteiger partial charge in [0.25, 0.3) is 0 Å². The van der Waals surface area contributed by atoms with Gasteiger partial charge < -0.3 is 5.32 Å². The Morgan fingerprint density at radius 2 is 2.05 bits per heavy atom. The number of aryl methyl sites for hydroxylation is 1. The fourth-order valence-electron chi connectivity index (χ4n) is 2.22. The second kappa shape index (κ2) is 5.80. The van der Waals surface area contributed by atoms with E-state index >= 15 is 0 Å². The molecule has 0 atom stereocenters. The molecule has 0 bridgehead atoms. The van der Waals surface area contributed by atoms with E-state index in [-0.39, 0.29) is 0 Å². The van der Waals surface area contributed by atoms with Crippen molar-refractivity contribution in [2.24, 2.45) is 5.92 Å². The number of benzene rings is 1. The van der Waals surface area contributed by atoms with Crippen LogP contribution in [0.15, 0.2) is 30.3 Å². The summed E-state index contributed by atoms with van der Waals surface area (Å²) in [5.74, 6) is 2.42. The van der Waals surface area contributed by atoms with Crippen LogP contribution < -0.4 is 5.32 Å². The van der Waals surface area contributed by atoms with Gasteiger partial charge in [-0.2, -0.15) is 0 Å². The summed E-state index contributed by atoms with van der Waals surface area (Å²) >= 11 is 6.08. The minimum absolute atomic E-state index is 0.517. The van der Waals surface area contributed by atoms with E-state index in [2.05, 4.69) is 40.4 Å². The van der Waals surface area contributed by atoms with Crippen LogP contribution in [0.4, 0.5) is 5.82 Å². The van der Waals surface area contributed by atoms with Gasteiger partial charge in [0, 0.05) is 19.0 Å². The summed E-state index contributed by atoms with van der Waals surface area (Å²) in [6, 6.07) is 10.1. The number of anilines is 1. The zero-order valence-electron chi connectivity index (χ0n) is 11.6. The lowest BCUT2D eigenvalue weighted by atomic mass is 10.1. The predicted octanol–water partition coefficient (Wildman–Crippen LogP) is 4.00. The maximum atomic E-state index is 6.08. The monoisotopic (exact) mass is 287 g/mol. The van der Waals surface area contributed by atoms with Crippen molar-refractivity contribution in [2.45, 2.75) is 32.7 Å². The van der Waals surface area contributed by atoms with Crippen molar-refractivity contribution in [3.05, 3.63) is 52.4 Å². The van der Waals surface area contributed by atoms with Gasteiger partial charge in [0.1, 0.15) is 16.8 Å². The predicted molar refractivity (Wildman–Crippen MR) is 82.0 cm³/mol. The molecule has 1 aromatic carbocycles. The molecule has 1 N–H and O–H groups in total. The molecule has 0 spiro atoms. The minimum Gasteiger partial charge on any atom is -0.366 e. The Labute approximate surface area is 124 Å². The summed E-state index contributed by atoms with van der Waals surface area (Å²) in [4.78, 5) is 8.85. The molecular formula is C16H18ClN3. The van der Waals surface area contributed by atoms with Crippen LogP contribution in [0.2, 0.25) is 5.15 Å². The highest BCUT2D eigenvalue weighted by Crippen LogP contribution is 2.32. The number of aromatic nitrogens is 2. The molecule has 104 valence electrons. The van der Waals surface area contributed by atoms with Gasteiger partial charge >= 0.3 is 0 Å². The van der Waals surface area contributed by atoms with Crippen LogP contribution in [0.25, 0.3) is 0 Å². The van der Waals surface area contributed by atoms with Gasteiger partial charge in [-0.1, -0.05) is 35.9 Å². The first kappa shape index (κ1) is 13.4. The van der Waals surface area contributed by atoms with Gasteiger partial charge in [-0.05, 0) is 36.8 Å². The Morgan fingerprint density at radius 1 is 1.25 bits per heavy atom. The van der Waals surface area contributed by atoms with Gasteiger partial charge in [0.2, 0.25) is 0 Å². The largest absolute Gasteiger partial charge is 0.366 e. The number of rotatable bonds is 5. The maximum absolute atomic E-state index is 6.08. The average molecular weight is 288 g/mol. The van der Waals surface area contributed by atoms with Crippen LogP contribution in [-0.4, -0.2) is 9.97 Å². The Kier molecular flexibility index (Phi) is 3.88. The molecule has 0 radical (unpaired) electrons. The standard InChI is InChI=1S/C16H18ClN3/c1-11-4-2-3-5-13(11)10-18-15-9-14(17)19-16(20-15)8-12-6-7-12/h2-5,9,12H,6-8,10H2,1H3,(H,18,19,20). The molecule has 0 saturated heterocycles. The van der Waals surface area contributed by atoms with E-state index in [0.29, 0.717) is 5.15 Å². The number of hydrogen-bond acceptors (Lipinski definition) is 3. The molecule has 2 aromatic rings. The maximum Gasteiger partial charge on any atom is 0.134 e. The van der Waals surface area contributed by atoms with E-state index in [1.807, 2.05) is 6.07 Å². The molecule has 1 aliphatic carbocycles. The Morgan fingerprint density at radius 3 is 2.80 bits per heavy atom. The molecule has 0 unspecified atom stereocenters. The molecule has 1 aromatic heterocycles. The van der Waals surface area contributed by atoms with Gasteiger partial charge in [0.05, 0.1) is 0 Å². The zero-order valence-corrected chi connectivity index (χ0v) is 12.3. The summed E-state index contributed by atoms with van der Waals surface area (Å²) in [6.07, 6.45) is 3.53. The molecule has 0 aliphatic heterocycles. The molecular weight excluding hydrogens is 270 g/mol. The van der Waals surface area contributed by atoms with Crippen molar-refractivity contribution in [1.29, 1.82) is 0 Å². The zero-order chi connectivity index (χ0) is 13.9. The number of halogens is 1. The average Bonchev–Trinajstić information content (AvgIpc) is 3.21. The third-order valence-electron chi connectivity index (χ3n) is 3.63. The second-order valence-electron chi connectivity index (χ2n) is 5.42. The number of nitrogens with zero attached hydrogens (tertiary/aromatic N) is 2. The van der Waals surface area contributed by atoms with Gasteiger partial charge in [-0.15, -0.1) is 0 Å². The number of hydrogen-bond donors (Lipinski definition) is 1. The summed E-state index contributed by atoms with van der Waals surface area (Å²) in [5.41, 5.74) is 2.55. The fourth-order valence-corrected chi connectivity index (χ4v) is 2.42. The highest BCUT2D eigenvalue weighted by Gasteiger charge is 2.23. The molecule has 1 heterocycles. The fraction of sp³-hybridized carbons (Fsp3) is 0.375. The van der Waals surface area contributed by atoms with E-state index in [9.17, 15) is 0 Å². The van der Waals surface area contributed by atoms with Crippen LogP contribution in [-0.2, 0) is 13.0 Å². The molecule has 1 saturated carbocycles. The molecule has 3 rings (SSSR count). The highest BCUT2D eigenvalue weighted by atomic mass is 35.5. The Hall–Kier alpha value is -1.61. The van der Waals surface area contributed by atoms with Crippen molar-refractivity contribution in [2.75, 3.05) is 5.32 Å². The number of nitrogens with one attached hydrogen (secondary N) is 1. The van der Waals surface area contributed by atoms with E-state index in [0.717, 1.165) is 30.5 Å². The minimum atomic E-state index is 0.517. The third kappa shape index (κ3) is 3.48. The van der Waals surface area contributed by atoms with Crippen LogP contribution in [0.3, 0.4) is 0 Å². The van der Waals surface area contributed by atoms with Crippen molar-refractivity contribution in [3.8, 4) is 0 Å². The quantitative estimate of drug-likeness (QED) is 0.845. The van der Waals surface area contributed by atoms with Crippen molar-refractivity contribution in [3.63, 3.8) is 0 Å². The lowest BCUT2D eigenvalue weighted by Gasteiger charge is -2.09. The van der Waals surface area contributed by atoms with E-state index in [4.69, 9.17) is 11.6 Å². The van der Waals surface area contributed by atoms with Crippen LogP contribution in [0.1, 0.15) is 29.8 Å². The summed E-state index contributed by atoms with van der Waals surface area (Å²) in [5, 5.41) is 3.86. The van der Waals surface area contributed by atoms with E-state index in [1.54, 1.807) is 6.07 Å². The van der Waals surface area contributed by atoms with Gasteiger partial charge in [-0.25, -0.2) is 9.97 Å². The first-order valence-corrected chi connectivity index (χ1v) is 7.40. The van der Waals surface area contributed by atoms with Crippen LogP contribution in [0.5, 0.6) is 0 Å². The first-order chi connectivity index (χ1) is 9.70. The summed E-state index contributed by atoms with van der Waals surface area (Å²) in [7, 11) is 0. The van der Waals surface area contributed by atoms with Crippen molar-refractivity contribution < 1.29 is 0 Å². The second-order valence-corrected chi connectivity index (χ2v) is 5.81. The molecule has 1 fully saturated rings.